The smallest absolute Gasteiger partial charge is 0.326 e. The predicted molar refractivity (Wildman–Crippen MR) is 97.3 cm³/mol. The third-order valence-electron chi connectivity index (χ3n) is 3.57. The van der Waals surface area contributed by atoms with Crippen molar-refractivity contribution in [3.05, 3.63) is 58.6 Å². The van der Waals surface area contributed by atoms with E-state index in [-0.39, 0.29) is 12.3 Å². The minimum atomic E-state index is -4.41. The summed E-state index contributed by atoms with van der Waals surface area (Å²) in [5.41, 5.74) is -0.443. The number of hydrogen-bond donors (Lipinski definition) is 0. The highest BCUT2D eigenvalue weighted by Crippen LogP contribution is 2.30. The van der Waals surface area contributed by atoms with E-state index in [1.165, 1.54) is 43.5 Å². The second kappa shape index (κ2) is 8.49. The van der Waals surface area contributed by atoms with Crippen molar-refractivity contribution >= 4 is 27.4 Å². The number of para-hydroxylation sites is 1. The van der Waals surface area contributed by atoms with Gasteiger partial charge < -0.3 is 9.47 Å². The van der Waals surface area contributed by atoms with Crippen LogP contribution in [0.5, 0.6) is 5.75 Å². The highest BCUT2D eigenvalue weighted by atomic mass is 32.2. The zero-order valence-corrected chi connectivity index (χ0v) is 15.5. The Kier molecular flexibility index (Phi) is 6.35. The number of benzene rings is 2. The first kappa shape index (κ1) is 20.2. The van der Waals surface area contributed by atoms with E-state index in [0.29, 0.717) is 5.75 Å². The standard InChI is InChI=1S/C17H18N2O7S/c1-3-26-17(20)12-18(13-8-10-14(25-2)11-9-13)27(23,24)16-7-5-4-6-15(16)19(21)22/h4-11H,3,12H2,1-2H3. The highest BCUT2D eigenvalue weighted by molar-refractivity contribution is 7.93. The Labute approximate surface area is 156 Å². The number of nitrogens with zero attached hydrogens (tertiary/aromatic N) is 2. The van der Waals surface area contributed by atoms with Crippen LogP contribution in [0.2, 0.25) is 0 Å². The van der Waals surface area contributed by atoms with Gasteiger partial charge in [-0.2, -0.15) is 0 Å². The van der Waals surface area contributed by atoms with Crippen molar-refractivity contribution in [3.8, 4) is 5.75 Å². The number of sulfonamides is 1. The van der Waals surface area contributed by atoms with Crippen LogP contribution in [0.4, 0.5) is 11.4 Å². The van der Waals surface area contributed by atoms with Gasteiger partial charge in [0, 0.05) is 6.07 Å². The molecule has 144 valence electrons. The van der Waals surface area contributed by atoms with E-state index in [4.69, 9.17) is 9.47 Å². The quantitative estimate of drug-likeness (QED) is 0.383. The molecule has 9 nitrogen and oxygen atoms in total. The number of esters is 1. The van der Waals surface area contributed by atoms with E-state index in [0.717, 1.165) is 16.4 Å². The SMILES string of the molecule is CCOC(=O)CN(c1ccc(OC)cc1)S(=O)(=O)c1ccccc1[N+](=O)[O-]. The number of carbonyl (C=O) groups excluding carboxylic acids is 1. The molecule has 10 heteroatoms. The molecule has 0 N–H and O–H groups in total. The van der Waals surface area contributed by atoms with Gasteiger partial charge in [0.1, 0.15) is 12.3 Å². The molecule has 2 aromatic carbocycles. The second-order valence-electron chi connectivity index (χ2n) is 5.24. The number of anilines is 1. The molecule has 0 amide bonds. The average molecular weight is 394 g/mol. The molecular formula is C17H18N2O7S. The van der Waals surface area contributed by atoms with Gasteiger partial charge >= 0.3 is 5.97 Å². The Morgan fingerprint density at radius 3 is 2.33 bits per heavy atom. The fraction of sp³-hybridized carbons (Fsp3) is 0.235. The maximum absolute atomic E-state index is 13.1. The van der Waals surface area contributed by atoms with E-state index in [1.54, 1.807) is 6.92 Å². The minimum absolute atomic E-state index is 0.0703. The van der Waals surface area contributed by atoms with Crippen molar-refractivity contribution in [2.45, 2.75) is 11.8 Å². The zero-order valence-electron chi connectivity index (χ0n) is 14.7. The largest absolute Gasteiger partial charge is 0.497 e. The molecule has 0 saturated carbocycles. The van der Waals surface area contributed by atoms with Crippen LogP contribution in [0.15, 0.2) is 53.4 Å². The van der Waals surface area contributed by atoms with Gasteiger partial charge in [0.2, 0.25) is 0 Å². The highest BCUT2D eigenvalue weighted by Gasteiger charge is 2.33. The monoisotopic (exact) mass is 394 g/mol. The van der Waals surface area contributed by atoms with Gasteiger partial charge in [-0.05, 0) is 37.3 Å². The molecule has 0 atom stereocenters. The third-order valence-corrected chi connectivity index (χ3v) is 5.39. The van der Waals surface area contributed by atoms with Gasteiger partial charge in [0.05, 0.1) is 24.3 Å². The minimum Gasteiger partial charge on any atom is -0.497 e. The summed E-state index contributed by atoms with van der Waals surface area (Å²) < 4.78 is 36.9. The van der Waals surface area contributed by atoms with E-state index in [1.807, 2.05) is 0 Å². The molecule has 2 rings (SSSR count). The number of methoxy groups -OCH3 is 1. The molecule has 0 bridgehead atoms. The van der Waals surface area contributed by atoms with E-state index >= 15 is 0 Å². The van der Waals surface area contributed by atoms with Crippen LogP contribution >= 0.6 is 0 Å². The molecule has 0 spiro atoms. The van der Waals surface area contributed by atoms with Crippen LogP contribution in [-0.2, 0) is 19.6 Å². The molecular weight excluding hydrogens is 376 g/mol. The van der Waals surface area contributed by atoms with Crippen LogP contribution in [0.3, 0.4) is 0 Å². The molecule has 27 heavy (non-hydrogen) atoms. The zero-order chi connectivity index (χ0) is 20.0. The number of rotatable bonds is 8. The lowest BCUT2D eigenvalue weighted by atomic mass is 10.3. The Morgan fingerprint density at radius 2 is 1.78 bits per heavy atom. The normalized spacial score (nSPS) is 10.9. The van der Waals surface area contributed by atoms with Gasteiger partial charge in [-0.25, -0.2) is 8.42 Å². The Hall–Kier alpha value is -3.14. The Balaban J connectivity index is 2.57. The Bertz CT molecular complexity index is 927. The number of nitro benzene ring substituents is 1. The van der Waals surface area contributed by atoms with Crippen molar-refractivity contribution in [3.63, 3.8) is 0 Å². The summed E-state index contributed by atoms with van der Waals surface area (Å²) in [4.78, 5) is 21.9. The lowest BCUT2D eigenvalue weighted by molar-refractivity contribution is -0.387. The summed E-state index contributed by atoms with van der Waals surface area (Å²) >= 11 is 0. The van der Waals surface area contributed by atoms with Crippen molar-refractivity contribution in [1.29, 1.82) is 0 Å². The lowest BCUT2D eigenvalue weighted by Gasteiger charge is -2.23. The third kappa shape index (κ3) is 4.53. The first-order valence-electron chi connectivity index (χ1n) is 7.87. The number of hydrogen-bond acceptors (Lipinski definition) is 7. The molecule has 0 radical (unpaired) electrons. The van der Waals surface area contributed by atoms with Crippen LogP contribution in [-0.4, -0.2) is 39.6 Å². The number of carbonyl (C=O) groups is 1. The van der Waals surface area contributed by atoms with Crippen LogP contribution < -0.4 is 9.04 Å². The van der Waals surface area contributed by atoms with E-state index in [9.17, 15) is 23.3 Å². The fourth-order valence-electron chi connectivity index (χ4n) is 2.33. The Morgan fingerprint density at radius 1 is 1.15 bits per heavy atom. The first-order valence-corrected chi connectivity index (χ1v) is 9.31. The molecule has 0 aliphatic heterocycles. The fourth-order valence-corrected chi connectivity index (χ4v) is 3.90. The van der Waals surface area contributed by atoms with Gasteiger partial charge in [-0.15, -0.1) is 0 Å². The molecule has 0 heterocycles. The second-order valence-corrected chi connectivity index (χ2v) is 7.07. The summed E-state index contributed by atoms with van der Waals surface area (Å²) in [7, 11) is -2.96. The summed E-state index contributed by atoms with van der Waals surface area (Å²) in [5, 5.41) is 11.3. The maximum atomic E-state index is 13.1. The molecule has 0 unspecified atom stereocenters. The summed E-state index contributed by atoms with van der Waals surface area (Å²) in [6, 6.07) is 10.8. The van der Waals surface area contributed by atoms with Crippen LogP contribution in [0.1, 0.15) is 6.92 Å². The lowest BCUT2D eigenvalue weighted by Crippen LogP contribution is -2.36. The summed E-state index contributed by atoms with van der Waals surface area (Å²) in [6.07, 6.45) is 0. The molecule has 0 saturated heterocycles. The van der Waals surface area contributed by atoms with Crippen molar-refractivity contribution < 1.29 is 27.6 Å². The topological polar surface area (TPSA) is 116 Å². The van der Waals surface area contributed by atoms with Crippen molar-refractivity contribution in [2.24, 2.45) is 0 Å². The van der Waals surface area contributed by atoms with Crippen LogP contribution in [0, 0.1) is 10.1 Å². The van der Waals surface area contributed by atoms with Gasteiger partial charge in [-0.1, -0.05) is 12.1 Å². The first-order chi connectivity index (χ1) is 12.8. The van der Waals surface area contributed by atoms with E-state index < -0.39 is 38.0 Å². The van der Waals surface area contributed by atoms with Gasteiger partial charge in [0.15, 0.2) is 4.90 Å². The van der Waals surface area contributed by atoms with Crippen molar-refractivity contribution in [2.75, 3.05) is 24.6 Å². The number of ether oxygens (including phenoxy) is 2. The van der Waals surface area contributed by atoms with Crippen LogP contribution in [0.25, 0.3) is 0 Å². The van der Waals surface area contributed by atoms with E-state index in [2.05, 4.69) is 0 Å². The predicted octanol–water partition coefficient (Wildman–Crippen LogP) is 2.36. The van der Waals surface area contributed by atoms with Crippen molar-refractivity contribution in [1.82, 2.24) is 0 Å². The summed E-state index contributed by atoms with van der Waals surface area (Å²) in [6.45, 7) is 1.03. The maximum Gasteiger partial charge on any atom is 0.326 e. The number of nitro groups is 1. The van der Waals surface area contributed by atoms with Gasteiger partial charge in [-0.3, -0.25) is 19.2 Å². The van der Waals surface area contributed by atoms with Gasteiger partial charge in [0.25, 0.3) is 15.7 Å². The molecule has 0 aliphatic rings. The molecule has 0 aromatic heterocycles. The molecule has 0 aliphatic carbocycles. The molecule has 0 fully saturated rings. The summed E-state index contributed by atoms with van der Waals surface area (Å²) in [5.74, 6) is -0.298. The average Bonchev–Trinajstić information content (AvgIpc) is 2.66. The molecule has 2 aromatic rings.